The number of rotatable bonds is 5. The lowest BCUT2D eigenvalue weighted by Gasteiger charge is -2.35. The molecule has 0 aromatic heterocycles. The summed E-state index contributed by atoms with van der Waals surface area (Å²) in [6, 6.07) is 6.08. The van der Waals surface area contributed by atoms with Crippen LogP contribution in [0.5, 0.6) is 5.75 Å². The Kier molecular flexibility index (Phi) is 6.72. The highest BCUT2D eigenvalue weighted by Crippen LogP contribution is 2.22. The van der Waals surface area contributed by atoms with Crippen LogP contribution in [0.3, 0.4) is 0 Å². The number of carbonyl (C=O) groups excluding carboxylic acids is 2. The number of morpholine rings is 1. The fourth-order valence-electron chi connectivity index (χ4n) is 3.69. The zero-order valence-corrected chi connectivity index (χ0v) is 16.4. The number of amides is 2. The third-order valence-electron chi connectivity index (χ3n) is 5.44. The van der Waals surface area contributed by atoms with Crippen LogP contribution in [-0.2, 0) is 14.3 Å². The minimum absolute atomic E-state index is 0.0401. The molecule has 0 spiro atoms. The summed E-state index contributed by atoms with van der Waals surface area (Å²) in [4.78, 5) is 28.8. The van der Waals surface area contributed by atoms with Gasteiger partial charge in [-0.25, -0.2) is 0 Å². The fourth-order valence-corrected chi connectivity index (χ4v) is 3.69. The van der Waals surface area contributed by atoms with Crippen molar-refractivity contribution in [1.29, 1.82) is 0 Å². The molecular formula is C21H30N2O4. The van der Waals surface area contributed by atoms with E-state index in [2.05, 4.69) is 6.07 Å². The van der Waals surface area contributed by atoms with Gasteiger partial charge in [0.2, 0.25) is 11.8 Å². The molecule has 0 radical (unpaired) electrons. The number of ether oxygens (including phenoxy) is 2. The zero-order chi connectivity index (χ0) is 19.2. The molecule has 3 rings (SSSR count). The van der Waals surface area contributed by atoms with Crippen molar-refractivity contribution < 1.29 is 19.1 Å². The Morgan fingerprint density at radius 3 is 2.48 bits per heavy atom. The van der Waals surface area contributed by atoms with Crippen LogP contribution in [-0.4, -0.2) is 67.6 Å². The molecule has 0 unspecified atom stereocenters. The normalized spacial score (nSPS) is 18.4. The summed E-state index contributed by atoms with van der Waals surface area (Å²) < 4.78 is 11.1. The molecule has 0 N–H and O–H groups in total. The summed E-state index contributed by atoms with van der Waals surface area (Å²) in [7, 11) is 0. The van der Waals surface area contributed by atoms with Crippen LogP contribution in [0.2, 0.25) is 0 Å². The van der Waals surface area contributed by atoms with Gasteiger partial charge in [-0.3, -0.25) is 9.59 Å². The third-order valence-corrected chi connectivity index (χ3v) is 5.44. The van der Waals surface area contributed by atoms with Crippen LogP contribution in [0.25, 0.3) is 0 Å². The van der Waals surface area contributed by atoms with Crippen molar-refractivity contribution in [3.63, 3.8) is 0 Å². The molecule has 2 aliphatic heterocycles. The summed E-state index contributed by atoms with van der Waals surface area (Å²) in [5.41, 5.74) is 2.23. The van der Waals surface area contributed by atoms with Gasteiger partial charge < -0.3 is 19.3 Å². The van der Waals surface area contributed by atoms with Gasteiger partial charge in [0.1, 0.15) is 5.75 Å². The summed E-state index contributed by atoms with van der Waals surface area (Å²) in [6.07, 6.45) is 1.87. The number of nitrogens with zero attached hydrogens (tertiary/aromatic N) is 2. The first kappa shape index (κ1) is 19.7. The van der Waals surface area contributed by atoms with Gasteiger partial charge in [-0.05, 0) is 43.9 Å². The average Bonchev–Trinajstić information content (AvgIpc) is 2.70. The molecule has 148 valence electrons. The van der Waals surface area contributed by atoms with Gasteiger partial charge in [-0.2, -0.15) is 0 Å². The molecule has 1 aromatic rings. The van der Waals surface area contributed by atoms with E-state index in [9.17, 15) is 9.59 Å². The molecule has 2 aliphatic rings. The van der Waals surface area contributed by atoms with Crippen LogP contribution >= 0.6 is 0 Å². The molecule has 0 bridgehead atoms. The molecule has 0 atom stereocenters. The number of hydrogen-bond donors (Lipinski definition) is 0. The molecule has 1 aromatic carbocycles. The van der Waals surface area contributed by atoms with E-state index in [-0.39, 0.29) is 17.7 Å². The Balaban J connectivity index is 1.40. The van der Waals surface area contributed by atoms with Gasteiger partial charge in [-0.1, -0.05) is 12.1 Å². The number of aryl methyl sites for hydroxylation is 2. The molecule has 2 heterocycles. The molecule has 2 amide bonds. The highest BCUT2D eigenvalue weighted by atomic mass is 16.5. The van der Waals surface area contributed by atoms with Crippen LogP contribution in [0.15, 0.2) is 18.2 Å². The van der Waals surface area contributed by atoms with Crippen LogP contribution in [0.1, 0.15) is 30.4 Å². The van der Waals surface area contributed by atoms with E-state index in [1.165, 1.54) is 0 Å². The van der Waals surface area contributed by atoms with Gasteiger partial charge in [0.15, 0.2) is 0 Å². The second-order valence-electron chi connectivity index (χ2n) is 7.46. The van der Waals surface area contributed by atoms with Crippen molar-refractivity contribution in [1.82, 2.24) is 9.80 Å². The molecule has 0 saturated carbocycles. The van der Waals surface area contributed by atoms with Crippen molar-refractivity contribution in [3.8, 4) is 5.75 Å². The Morgan fingerprint density at radius 1 is 1.07 bits per heavy atom. The Bertz CT molecular complexity index is 662. The smallest absolute Gasteiger partial charge is 0.225 e. The maximum absolute atomic E-state index is 12.6. The van der Waals surface area contributed by atoms with Crippen LogP contribution in [0.4, 0.5) is 0 Å². The molecule has 2 saturated heterocycles. The number of benzene rings is 1. The number of piperidine rings is 1. The SMILES string of the molecule is Cc1ccc(C)c(OCCC(=O)N2CCC(C(=O)N3CCOCC3)CC2)c1. The van der Waals surface area contributed by atoms with Crippen LogP contribution in [0, 0.1) is 19.8 Å². The minimum atomic E-state index is 0.0401. The minimum Gasteiger partial charge on any atom is -0.493 e. The summed E-state index contributed by atoms with van der Waals surface area (Å²) >= 11 is 0. The van der Waals surface area contributed by atoms with Crippen molar-refractivity contribution >= 4 is 11.8 Å². The third kappa shape index (κ3) is 5.22. The molecule has 0 aliphatic carbocycles. The summed E-state index contributed by atoms with van der Waals surface area (Å²) in [5.74, 6) is 1.22. The molecule has 6 heteroatoms. The van der Waals surface area contributed by atoms with Gasteiger partial charge in [0, 0.05) is 32.1 Å². The Morgan fingerprint density at radius 2 is 1.78 bits per heavy atom. The standard InChI is InChI=1S/C21H30N2O4/c1-16-3-4-17(2)19(15-16)27-12-7-20(24)22-8-5-18(6-9-22)21(25)23-10-13-26-14-11-23/h3-4,15,18H,5-14H2,1-2H3. The second kappa shape index (κ2) is 9.22. The fraction of sp³-hybridized carbons (Fsp3) is 0.619. The molecule has 6 nitrogen and oxygen atoms in total. The lowest BCUT2D eigenvalue weighted by atomic mass is 9.95. The zero-order valence-electron chi connectivity index (χ0n) is 16.4. The van der Waals surface area contributed by atoms with E-state index in [4.69, 9.17) is 9.47 Å². The van der Waals surface area contributed by atoms with E-state index in [0.29, 0.717) is 52.4 Å². The first-order valence-electron chi connectivity index (χ1n) is 9.89. The van der Waals surface area contributed by atoms with Gasteiger partial charge >= 0.3 is 0 Å². The predicted molar refractivity (Wildman–Crippen MR) is 103 cm³/mol. The topological polar surface area (TPSA) is 59.1 Å². The van der Waals surface area contributed by atoms with Crippen molar-refractivity contribution in [3.05, 3.63) is 29.3 Å². The monoisotopic (exact) mass is 374 g/mol. The van der Waals surface area contributed by atoms with Gasteiger partial charge in [-0.15, -0.1) is 0 Å². The first-order valence-corrected chi connectivity index (χ1v) is 9.89. The maximum atomic E-state index is 12.6. The van der Waals surface area contributed by atoms with E-state index in [0.717, 1.165) is 29.7 Å². The highest BCUT2D eigenvalue weighted by molar-refractivity contribution is 5.80. The lowest BCUT2D eigenvalue weighted by Crippen LogP contribution is -2.47. The van der Waals surface area contributed by atoms with Crippen molar-refractivity contribution in [2.75, 3.05) is 46.0 Å². The van der Waals surface area contributed by atoms with E-state index in [1.807, 2.05) is 35.8 Å². The molecule has 27 heavy (non-hydrogen) atoms. The quantitative estimate of drug-likeness (QED) is 0.793. The van der Waals surface area contributed by atoms with Crippen molar-refractivity contribution in [2.24, 2.45) is 5.92 Å². The van der Waals surface area contributed by atoms with Gasteiger partial charge in [0.25, 0.3) is 0 Å². The van der Waals surface area contributed by atoms with Gasteiger partial charge in [0.05, 0.1) is 26.2 Å². The number of likely N-dealkylation sites (tertiary alicyclic amines) is 1. The Labute approximate surface area is 161 Å². The van der Waals surface area contributed by atoms with Crippen LogP contribution < -0.4 is 4.74 Å². The molecular weight excluding hydrogens is 344 g/mol. The molecule has 2 fully saturated rings. The summed E-state index contributed by atoms with van der Waals surface area (Å²) in [5, 5.41) is 0. The largest absolute Gasteiger partial charge is 0.493 e. The predicted octanol–water partition coefficient (Wildman–Crippen LogP) is 2.17. The summed E-state index contributed by atoms with van der Waals surface area (Å²) in [6.45, 7) is 8.36. The Hall–Kier alpha value is -2.08. The second-order valence-corrected chi connectivity index (χ2v) is 7.46. The van der Waals surface area contributed by atoms with E-state index < -0.39 is 0 Å². The van der Waals surface area contributed by atoms with E-state index >= 15 is 0 Å². The highest BCUT2D eigenvalue weighted by Gasteiger charge is 2.30. The maximum Gasteiger partial charge on any atom is 0.225 e. The first-order chi connectivity index (χ1) is 13.0. The lowest BCUT2D eigenvalue weighted by molar-refractivity contribution is -0.143. The van der Waals surface area contributed by atoms with E-state index in [1.54, 1.807) is 0 Å². The average molecular weight is 374 g/mol. The number of carbonyl (C=O) groups is 2. The van der Waals surface area contributed by atoms with Crippen molar-refractivity contribution in [2.45, 2.75) is 33.1 Å². The number of hydrogen-bond acceptors (Lipinski definition) is 4.